The summed E-state index contributed by atoms with van der Waals surface area (Å²) in [7, 11) is 0. The monoisotopic (exact) mass is 221 g/mol. The average molecular weight is 221 g/mol. The minimum absolute atomic E-state index is 0.287. The van der Waals surface area contributed by atoms with E-state index in [0.717, 1.165) is 17.1 Å². The lowest BCUT2D eigenvalue weighted by atomic mass is 9.70. The second-order valence-electron chi connectivity index (χ2n) is 4.55. The molecule has 0 spiro atoms. The second-order valence-corrected chi connectivity index (χ2v) is 4.55. The fourth-order valence-corrected chi connectivity index (χ4v) is 2.47. The van der Waals surface area contributed by atoms with Gasteiger partial charge >= 0.3 is 0 Å². The van der Waals surface area contributed by atoms with Gasteiger partial charge in [-0.25, -0.2) is 0 Å². The summed E-state index contributed by atoms with van der Waals surface area (Å²) >= 11 is 0. The van der Waals surface area contributed by atoms with Crippen molar-refractivity contribution in [1.82, 2.24) is 0 Å². The number of para-hydroxylation sites is 1. The van der Waals surface area contributed by atoms with E-state index in [9.17, 15) is 5.11 Å². The van der Waals surface area contributed by atoms with E-state index in [0.29, 0.717) is 26.1 Å². The van der Waals surface area contributed by atoms with Crippen molar-refractivity contribution in [3.8, 4) is 11.5 Å². The molecule has 1 aromatic carbocycles. The molecular weight excluding hydrogens is 206 g/mol. The third-order valence-electron chi connectivity index (χ3n) is 3.30. The average Bonchev–Trinajstić information content (AvgIpc) is 2.26. The maximum atomic E-state index is 9.40. The standard InChI is InChI=1S/C12H15NO3/c13-12(6-8(14)7-12)9-2-1-3-10-11(9)16-5-4-15-10/h1-3,8,14H,4-7,13H2. The molecule has 1 fully saturated rings. The number of aliphatic hydroxyl groups is 1. The van der Waals surface area contributed by atoms with E-state index >= 15 is 0 Å². The van der Waals surface area contributed by atoms with Crippen molar-refractivity contribution in [2.45, 2.75) is 24.5 Å². The van der Waals surface area contributed by atoms with E-state index in [4.69, 9.17) is 15.2 Å². The summed E-state index contributed by atoms with van der Waals surface area (Å²) < 4.78 is 11.1. The Morgan fingerprint density at radius 2 is 2.00 bits per heavy atom. The normalized spacial score (nSPS) is 32.0. The molecule has 0 saturated heterocycles. The maximum absolute atomic E-state index is 9.40. The third kappa shape index (κ3) is 1.37. The van der Waals surface area contributed by atoms with Crippen LogP contribution in [0.1, 0.15) is 18.4 Å². The van der Waals surface area contributed by atoms with Gasteiger partial charge in [0, 0.05) is 11.1 Å². The molecule has 2 aliphatic rings. The van der Waals surface area contributed by atoms with Crippen LogP contribution >= 0.6 is 0 Å². The van der Waals surface area contributed by atoms with Crippen molar-refractivity contribution in [2.24, 2.45) is 5.73 Å². The van der Waals surface area contributed by atoms with Crippen molar-refractivity contribution >= 4 is 0 Å². The topological polar surface area (TPSA) is 64.7 Å². The van der Waals surface area contributed by atoms with Crippen LogP contribution in [0.5, 0.6) is 11.5 Å². The first kappa shape index (κ1) is 9.93. The molecule has 1 heterocycles. The zero-order valence-electron chi connectivity index (χ0n) is 8.98. The van der Waals surface area contributed by atoms with Crippen LogP contribution in [-0.2, 0) is 5.54 Å². The van der Waals surface area contributed by atoms with Gasteiger partial charge in [0.25, 0.3) is 0 Å². The Morgan fingerprint density at radius 1 is 1.25 bits per heavy atom. The molecule has 1 aliphatic heterocycles. The molecule has 16 heavy (non-hydrogen) atoms. The van der Waals surface area contributed by atoms with E-state index in [1.165, 1.54) is 0 Å². The van der Waals surface area contributed by atoms with Gasteiger partial charge in [0.15, 0.2) is 11.5 Å². The summed E-state index contributed by atoms with van der Waals surface area (Å²) in [5, 5.41) is 9.40. The quantitative estimate of drug-likeness (QED) is 0.735. The third-order valence-corrected chi connectivity index (χ3v) is 3.30. The zero-order chi connectivity index (χ0) is 11.2. The number of hydrogen-bond acceptors (Lipinski definition) is 4. The molecule has 86 valence electrons. The molecule has 4 nitrogen and oxygen atoms in total. The smallest absolute Gasteiger partial charge is 0.166 e. The number of benzene rings is 1. The van der Waals surface area contributed by atoms with Crippen LogP contribution in [0.25, 0.3) is 0 Å². The largest absolute Gasteiger partial charge is 0.486 e. The number of fused-ring (bicyclic) bond motifs is 1. The molecule has 0 atom stereocenters. The van der Waals surface area contributed by atoms with Crippen LogP contribution in [0.15, 0.2) is 18.2 Å². The summed E-state index contributed by atoms with van der Waals surface area (Å²) in [5.74, 6) is 1.51. The van der Waals surface area contributed by atoms with Gasteiger partial charge in [-0.1, -0.05) is 12.1 Å². The van der Waals surface area contributed by atoms with Gasteiger partial charge in [0.1, 0.15) is 13.2 Å². The van der Waals surface area contributed by atoms with Crippen molar-refractivity contribution in [1.29, 1.82) is 0 Å². The van der Waals surface area contributed by atoms with Gasteiger partial charge in [-0.15, -0.1) is 0 Å². The Morgan fingerprint density at radius 3 is 2.75 bits per heavy atom. The summed E-state index contributed by atoms with van der Waals surface area (Å²) in [5.41, 5.74) is 6.74. The van der Waals surface area contributed by atoms with Crippen molar-refractivity contribution in [3.05, 3.63) is 23.8 Å². The maximum Gasteiger partial charge on any atom is 0.166 e. The van der Waals surface area contributed by atoms with E-state index in [1.54, 1.807) is 0 Å². The molecule has 0 radical (unpaired) electrons. The Kier molecular flexibility index (Phi) is 2.09. The van der Waals surface area contributed by atoms with Gasteiger partial charge in [-0.2, -0.15) is 0 Å². The van der Waals surface area contributed by atoms with E-state index in [-0.39, 0.29) is 6.10 Å². The highest BCUT2D eigenvalue weighted by Crippen LogP contribution is 2.46. The van der Waals surface area contributed by atoms with E-state index in [2.05, 4.69) is 0 Å². The van der Waals surface area contributed by atoms with Gasteiger partial charge in [0.05, 0.1) is 6.10 Å². The number of ether oxygens (including phenoxy) is 2. The van der Waals surface area contributed by atoms with Crippen LogP contribution < -0.4 is 15.2 Å². The first-order valence-corrected chi connectivity index (χ1v) is 5.55. The van der Waals surface area contributed by atoms with E-state index in [1.807, 2.05) is 18.2 Å². The molecular formula is C12H15NO3. The van der Waals surface area contributed by atoms with Crippen molar-refractivity contribution in [2.75, 3.05) is 13.2 Å². The molecule has 1 aliphatic carbocycles. The lowest BCUT2D eigenvalue weighted by molar-refractivity contribution is 0.0185. The molecule has 1 aromatic rings. The molecule has 0 unspecified atom stereocenters. The molecule has 0 amide bonds. The molecule has 0 aromatic heterocycles. The van der Waals surface area contributed by atoms with Crippen LogP contribution in [0, 0.1) is 0 Å². The Hall–Kier alpha value is -1.26. The summed E-state index contributed by atoms with van der Waals surface area (Å²) in [4.78, 5) is 0. The number of nitrogens with two attached hydrogens (primary N) is 1. The van der Waals surface area contributed by atoms with Crippen LogP contribution in [0.3, 0.4) is 0 Å². The van der Waals surface area contributed by atoms with Crippen LogP contribution in [0.4, 0.5) is 0 Å². The van der Waals surface area contributed by atoms with Crippen molar-refractivity contribution < 1.29 is 14.6 Å². The fraction of sp³-hybridized carbons (Fsp3) is 0.500. The molecule has 4 heteroatoms. The predicted molar refractivity (Wildman–Crippen MR) is 58.5 cm³/mol. The highest BCUT2D eigenvalue weighted by atomic mass is 16.6. The Labute approximate surface area is 94.0 Å². The predicted octanol–water partition coefficient (Wildman–Crippen LogP) is 0.766. The zero-order valence-corrected chi connectivity index (χ0v) is 8.98. The number of rotatable bonds is 1. The molecule has 1 saturated carbocycles. The molecule has 3 rings (SSSR count). The second kappa shape index (κ2) is 3.37. The highest BCUT2D eigenvalue weighted by Gasteiger charge is 2.44. The van der Waals surface area contributed by atoms with Gasteiger partial charge in [-0.05, 0) is 18.9 Å². The molecule has 3 N–H and O–H groups in total. The van der Waals surface area contributed by atoms with Gasteiger partial charge < -0.3 is 20.3 Å². The molecule has 0 bridgehead atoms. The van der Waals surface area contributed by atoms with Crippen LogP contribution in [-0.4, -0.2) is 24.4 Å². The SMILES string of the molecule is NC1(c2cccc3c2OCCO3)CC(O)C1. The Bertz CT molecular complexity index is 413. The number of aliphatic hydroxyl groups excluding tert-OH is 1. The van der Waals surface area contributed by atoms with E-state index < -0.39 is 5.54 Å². The minimum Gasteiger partial charge on any atom is -0.486 e. The fourth-order valence-electron chi connectivity index (χ4n) is 2.47. The highest BCUT2D eigenvalue weighted by molar-refractivity contribution is 5.51. The first-order chi connectivity index (χ1) is 7.69. The number of hydrogen-bond donors (Lipinski definition) is 2. The summed E-state index contributed by atoms with van der Waals surface area (Å²) in [6.07, 6.45) is 0.893. The van der Waals surface area contributed by atoms with Gasteiger partial charge in [-0.3, -0.25) is 0 Å². The van der Waals surface area contributed by atoms with Crippen molar-refractivity contribution in [3.63, 3.8) is 0 Å². The lowest BCUT2D eigenvalue weighted by Crippen LogP contribution is -2.51. The summed E-state index contributed by atoms with van der Waals surface area (Å²) in [6, 6.07) is 5.76. The summed E-state index contributed by atoms with van der Waals surface area (Å²) in [6.45, 7) is 1.14. The van der Waals surface area contributed by atoms with Gasteiger partial charge in [0.2, 0.25) is 0 Å². The minimum atomic E-state index is -0.453. The first-order valence-electron chi connectivity index (χ1n) is 5.55. The van der Waals surface area contributed by atoms with Crippen LogP contribution in [0.2, 0.25) is 0 Å². The Balaban J connectivity index is 2.01. The lowest BCUT2D eigenvalue weighted by Gasteiger charge is -2.43.